The third-order valence-electron chi connectivity index (χ3n) is 3.72. The molecule has 0 heterocycles. The van der Waals surface area contributed by atoms with Crippen LogP contribution in [0, 0.1) is 0 Å². The second-order valence-corrected chi connectivity index (χ2v) is 5.36. The first-order valence-corrected chi connectivity index (χ1v) is 8.10. The van der Waals surface area contributed by atoms with Crippen LogP contribution in [0.5, 0.6) is 0 Å². The second-order valence-electron chi connectivity index (χ2n) is 5.36. The predicted octanol–water partition coefficient (Wildman–Crippen LogP) is 1.71. The zero-order valence-electron chi connectivity index (χ0n) is 13.9. The third-order valence-corrected chi connectivity index (χ3v) is 3.72. The van der Waals surface area contributed by atoms with Crippen molar-refractivity contribution in [2.45, 2.75) is 32.7 Å². The standard InChI is InChI=1S/C17H27N3O3/c1-3-20(4-2)12-8-11-18-17(23)19-15(16(21)22)13-14-9-6-5-7-10-14/h5-7,9-10,15H,3-4,8,11-13H2,1-2H3,(H,21,22)(H2,18,19,23)/t15-/m0/s1. The minimum atomic E-state index is -1.04. The number of amides is 2. The Morgan fingerprint density at radius 3 is 2.39 bits per heavy atom. The van der Waals surface area contributed by atoms with Crippen molar-refractivity contribution in [3.63, 3.8) is 0 Å². The molecule has 1 rings (SSSR count). The number of carboxylic acids is 1. The highest BCUT2D eigenvalue weighted by molar-refractivity contribution is 5.82. The number of aliphatic carboxylic acids is 1. The molecule has 1 aromatic carbocycles. The highest BCUT2D eigenvalue weighted by atomic mass is 16.4. The molecule has 0 saturated heterocycles. The maximum absolute atomic E-state index is 11.8. The Kier molecular flexibility index (Phi) is 8.75. The van der Waals surface area contributed by atoms with Crippen LogP contribution < -0.4 is 10.6 Å². The molecule has 6 nitrogen and oxygen atoms in total. The molecule has 0 saturated carbocycles. The van der Waals surface area contributed by atoms with Crippen molar-refractivity contribution in [3.8, 4) is 0 Å². The molecule has 2 amide bonds. The molecule has 6 heteroatoms. The van der Waals surface area contributed by atoms with Gasteiger partial charge in [0.1, 0.15) is 6.04 Å². The third kappa shape index (κ3) is 7.65. The van der Waals surface area contributed by atoms with E-state index in [0.717, 1.165) is 31.6 Å². The average molecular weight is 321 g/mol. The summed E-state index contributed by atoms with van der Waals surface area (Å²) in [6.45, 7) is 7.62. The van der Waals surface area contributed by atoms with E-state index in [1.54, 1.807) is 0 Å². The Morgan fingerprint density at radius 1 is 1.17 bits per heavy atom. The molecule has 1 atom stereocenters. The Bertz CT molecular complexity index is 475. The van der Waals surface area contributed by atoms with Gasteiger partial charge in [-0.2, -0.15) is 0 Å². The van der Waals surface area contributed by atoms with Crippen molar-refractivity contribution in [1.29, 1.82) is 0 Å². The molecule has 23 heavy (non-hydrogen) atoms. The lowest BCUT2D eigenvalue weighted by Gasteiger charge is -2.18. The van der Waals surface area contributed by atoms with Crippen molar-refractivity contribution in [2.24, 2.45) is 0 Å². The van der Waals surface area contributed by atoms with Crippen molar-refractivity contribution >= 4 is 12.0 Å². The monoisotopic (exact) mass is 321 g/mol. The summed E-state index contributed by atoms with van der Waals surface area (Å²) in [5.74, 6) is -1.04. The molecular formula is C17H27N3O3. The van der Waals surface area contributed by atoms with Gasteiger partial charge in [-0.1, -0.05) is 44.2 Å². The Morgan fingerprint density at radius 2 is 1.83 bits per heavy atom. The van der Waals surface area contributed by atoms with Gasteiger partial charge in [0, 0.05) is 13.0 Å². The molecule has 0 radical (unpaired) electrons. The lowest BCUT2D eigenvalue weighted by atomic mass is 10.1. The fraction of sp³-hybridized carbons (Fsp3) is 0.529. The van der Waals surface area contributed by atoms with Crippen LogP contribution in [-0.4, -0.2) is 54.2 Å². The summed E-state index contributed by atoms with van der Waals surface area (Å²) < 4.78 is 0. The van der Waals surface area contributed by atoms with Crippen molar-refractivity contribution < 1.29 is 14.7 Å². The van der Waals surface area contributed by atoms with Crippen LogP contribution in [0.1, 0.15) is 25.8 Å². The van der Waals surface area contributed by atoms with Gasteiger partial charge >= 0.3 is 12.0 Å². The number of carbonyl (C=O) groups is 2. The zero-order valence-corrected chi connectivity index (χ0v) is 13.9. The van der Waals surface area contributed by atoms with Crippen LogP contribution in [0.25, 0.3) is 0 Å². The largest absolute Gasteiger partial charge is 0.480 e. The van der Waals surface area contributed by atoms with Gasteiger partial charge in [-0.3, -0.25) is 0 Å². The highest BCUT2D eigenvalue weighted by Crippen LogP contribution is 2.03. The minimum Gasteiger partial charge on any atom is -0.480 e. The van der Waals surface area contributed by atoms with Gasteiger partial charge in [0.2, 0.25) is 0 Å². The molecule has 0 aromatic heterocycles. The smallest absolute Gasteiger partial charge is 0.326 e. The molecule has 0 unspecified atom stereocenters. The lowest BCUT2D eigenvalue weighted by molar-refractivity contribution is -0.139. The Labute approximate surface area is 137 Å². The van der Waals surface area contributed by atoms with E-state index in [1.165, 1.54) is 0 Å². The highest BCUT2D eigenvalue weighted by Gasteiger charge is 2.20. The topological polar surface area (TPSA) is 81.7 Å². The Hall–Kier alpha value is -2.08. The first-order chi connectivity index (χ1) is 11.1. The SMILES string of the molecule is CCN(CC)CCCNC(=O)N[C@@H](Cc1ccccc1)C(=O)O. The number of urea groups is 1. The van der Waals surface area contributed by atoms with Crippen molar-refractivity contribution in [1.82, 2.24) is 15.5 Å². The van der Waals surface area contributed by atoms with Gasteiger partial charge in [0.05, 0.1) is 0 Å². The molecule has 0 bridgehead atoms. The molecule has 0 spiro atoms. The maximum atomic E-state index is 11.8. The summed E-state index contributed by atoms with van der Waals surface area (Å²) in [6, 6.07) is 7.89. The molecule has 1 aromatic rings. The zero-order chi connectivity index (χ0) is 17.1. The van der Waals surface area contributed by atoms with E-state index in [4.69, 9.17) is 0 Å². The molecule has 3 N–H and O–H groups in total. The lowest BCUT2D eigenvalue weighted by Crippen LogP contribution is -2.47. The molecule has 0 fully saturated rings. The van der Waals surface area contributed by atoms with Crippen LogP contribution in [0.15, 0.2) is 30.3 Å². The number of hydrogen-bond acceptors (Lipinski definition) is 3. The van der Waals surface area contributed by atoms with Gasteiger partial charge in [0.15, 0.2) is 0 Å². The molecule has 0 aliphatic heterocycles. The van der Waals surface area contributed by atoms with E-state index in [9.17, 15) is 14.7 Å². The van der Waals surface area contributed by atoms with Crippen LogP contribution in [-0.2, 0) is 11.2 Å². The van der Waals surface area contributed by atoms with Crippen LogP contribution in [0.3, 0.4) is 0 Å². The van der Waals surface area contributed by atoms with E-state index in [-0.39, 0.29) is 6.42 Å². The van der Waals surface area contributed by atoms with Gasteiger partial charge in [0.25, 0.3) is 0 Å². The number of nitrogens with one attached hydrogen (secondary N) is 2. The van der Waals surface area contributed by atoms with Crippen LogP contribution >= 0.6 is 0 Å². The van der Waals surface area contributed by atoms with E-state index < -0.39 is 18.0 Å². The van der Waals surface area contributed by atoms with E-state index in [0.29, 0.717) is 6.54 Å². The summed E-state index contributed by atoms with van der Waals surface area (Å²) in [5, 5.41) is 14.5. The van der Waals surface area contributed by atoms with E-state index >= 15 is 0 Å². The number of hydrogen-bond donors (Lipinski definition) is 3. The number of rotatable bonds is 10. The summed E-state index contributed by atoms with van der Waals surface area (Å²) in [7, 11) is 0. The summed E-state index contributed by atoms with van der Waals surface area (Å²) in [4.78, 5) is 25.4. The fourth-order valence-electron chi connectivity index (χ4n) is 2.30. The van der Waals surface area contributed by atoms with Crippen LogP contribution in [0.4, 0.5) is 4.79 Å². The quantitative estimate of drug-likeness (QED) is 0.573. The summed E-state index contributed by atoms with van der Waals surface area (Å²) >= 11 is 0. The average Bonchev–Trinajstić information content (AvgIpc) is 2.55. The van der Waals surface area contributed by atoms with E-state index in [2.05, 4.69) is 29.4 Å². The second kappa shape index (κ2) is 10.6. The number of carboxylic acid groups (broad SMARTS) is 1. The van der Waals surface area contributed by atoms with Gasteiger partial charge in [-0.15, -0.1) is 0 Å². The normalized spacial score (nSPS) is 12.0. The minimum absolute atomic E-state index is 0.267. The summed E-state index contributed by atoms with van der Waals surface area (Å²) in [5.41, 5.74) is 0.877. The fourth-order valence-corrected chi connectivity index (χ4v) is 2.30. The first kappa shape index (κ1) is 19.0. The molecule has 0 aliphatic carbocycles. The van der Waals surface area contributed by atoms with E-state index in [1.807, 2.05) is 30.3 Å². The van der Waals surface area contributed by atoms with Crippen LogP contribution in [0.2, 0.25) is 0 Å². The Balaban J connectivity index is 2.35. The molecular weight excluding hydrogens is 294 g/mol. The summed E-state index contributed by atoms with van der Waals surface area (Å²) in [6.07, 6.45) is 1.11. The number of benzene rings is 1. The van der Waals surface area contributed by atoms with Gasteiger partial charge in [-0.05, 0) is 31.6 Å². The van der Waals surface area contributed by atoms with Gasteiger partial charge in [-0.25, -0.2) is 9.59 Å². The maximum Gasteiger partial charge on any atom is 0.326 e. The molecule has 0 aliphatic rings. The molecule has 128 valence electrons. The van der Waals surface area contributed by atoms with Gasteiger partial charge < -0.3 is 20.6 Å². The van der Waals surface area contributed by atoms with Crippen molar-refractivity contribution in [3.05, 3.63) is 35.9 Å². The van der Waals surface area contributed by atoms with Crippen molar-refractivity contribution in [2.75, 3.05) is 26.2 Å². The predicted molar refractivity (Wildman–Crippen MR) is 90.5 cm³/mol. The number of nitrogens with zero attached hydrogens (tertiary/aromatic N) is 1. The first-order valence-electron chi connectivity index (χ1n) is 8.10. The number of carbonyl (C=O) groups excluding carboxylic acids is 1.